The highest BCUT2D eigenvalue weighted by Gasteiger charge is 2.55. The first-order chi connectivity index (χ1) is 19.3. The van der Waals surface area contributed by atoms with Gasteiger partial charge in [0, 0.05) is 32.7 Å². The van der Waals surface area contributed by atoms with Gasteiger partial charge >= 0.3 is 23.6 Å². The van der Waals surface area contributed by atoms with Crippen LogP contribution in [0.3, 0.4) is 0 Å². The van der Waals surface area contributed by atoms with Gasteiger partial charge in [0.1, 0.15) is 24.3 Å². The van der Waals surface area contributed by atoms with Crippen LogP contribution in [-0.4, -0.2) is 106 Å². The molecule has 0 bridgehead atoms. The summed E-state index contributed by atoms with van der Waals surface area (Å²) in [6, 6.07) is -1.57. The third-order valence-corrected chi connectivity index (χ3v) is 6.01. The lowest BCUT2D eigenvalue weighted by molar-refractivity contribution is -0.168. The van der Waals surface area contributed by atoms with Gasteiger partial charge in [-0.1, -0.05) is 0 Å². The summed E-state index contributed by atoms with van der Waals surface area (Å²) >= 11 is 0. The number of carbonyl (C=O) groups is 4. The second-order valence-electron chi connectivity index (χ2n) is 9.24. The molecular weight excluding hydrogens is 550 g/mol. The summed E-state index contributed by atoms with van der Waals surface area (Å²) in [5.74, 6) is -3.13. The van der Waals surface area contributed by atoms with Gasteiger partial charge in [0.25, 0.3) is 5.56 Å². The maximum Gasteiger partial charge on any atom is 0.330 e. The zero-order valence-corrected chi connectivity index (χ0v) is 23.1. The summed E-state index contributed by atoms with van der Waals surface area (Å²) in [6.45, 7) is 5.18. The van der Waals surface area contributed by atoms with E-state index in [1.807, 2.05) is 4.98 Å². The zero-order valence-electron chi connectivity index (χ0n) is 23.1. The Morgan fingerprint density at radius 3 is 2.32 bits per heavy atom. The van der Waals surface area contributed by atoms with E-state index in [9.17, 15) is 39.0 Å². The van der Waals surface area contributed by atoms with E-state index in [1.54, 1.807) is 6.92 Å². The van der Waals surface area contributed by atoms with Gasteiger partial charge in [0.2, 0.25) is 5.91 Å². The highest BCUT2D eigenvalue weighted by atomic mass is 16.6. The smallest absolute Gasteiger partial charge is 0.330 e. The van der Waals surface area contributed by atoms with Gasteiger partial charge in [-0.15, -0.1) is 0 Å². The lowest BCUT2D eigenvalue weighted by Gasteiger charge is -2.29. The molecule has 0 saturated carbocycles. The van der Waals surface area contributed by atoms with Crippen LogP contribution >= 0.6 is 0 Å². The van der Waals surface area contributed by atoms with Crippen LogP contribution in [-0.2, 0) is 38.1 Å². The van der Waals surface area contributed by atoms with Gasteiger partial charge in [-0.25, -0.2) is 4.79 Å². The summed E-state index contributed by atoms with van der Waals surface area (Å²) in [4.78, 5) is 74.7. The summed E-state index contributed by atoms with van der Waals surface area (Å²) in [6.07, 6.45) is -7.46. The van der Waals surface area contributed by atoms with Crippen molar-refractivity contribution >= 4 is 23.8 Å². The van der Waals surface area contributed by atoms with E-state index >= 15 is 0 Å². The van der Waals surface area contributed by atoms with Gasteiger partial charge in [-0.3, -0.25) is 33.5 Å². The number of carbonyl (C=O) groups excluding carboxylic acids is 4. The van der Waals surface area contributed by atoms with E-state index in [0.717, 1.165) is 30.7 Å². The molecule has 1 aromatic heterocycles. The third kappa shape index (κ3) is 9.19. The number of aromatic amines is 1. The first kappa shape index (κ1) is 33.6. The second-order valence-corrected chi connectivity index (χ2v) is 9.24. The fourth-order valence-corrected chi connectivity index (χ4v) is 4.09. The molecule has 41 heavy (non-hydrogen) atoms. The first-order valence-corrected chi connectivity index (χ1v) is 12.9. The molecule has 8 atom stereocenters. The van der Waals surface area contributed by atoms with Crippen LogP contribution in [0.15, 0.2) is 21.9 Å². The molecule has 1 saturated heterocycles. The number of esters is 3. The fraction of sp³-hybridized carbons (Fsp3) is 0.667. The maximum atomic E-state index is 12.8. The van der Waals surface area contributed by atoms with Gasteiger partial charge in [-0.05, 0) is 26.8 Å². The zero-order chi connectivity index (χ0) is 30.9. The number of nitrogens with two attached hydrogens (primary N) is 1. The van der Waals surface area contributed by atoms with Crippen LogP contribution in [0.25, 0.3) is 0 Å². The van der Waals surface area contributed by atoms with Gasteiger partial charge in [0.15, 0.2) is 18.4 Å². The van der Waals surface area contributed by atoms with Crippen molar-refractivity contribution in [3.8, 4) is 0 Å². The minimum atomic E-state index is -1.78. The molecule has 17 heteroatoms. The average Bonchev–Trinajstić information content (AvgIpc) is 3.21. The fourth-order valence-electron chi connectivity index (χ4n) is 4.09. The van der Waals surface area contributed by atoms with Gasteiger partial charge in [-0.2, -0.15) is 0 Å². The van der Waals surface area contributed by atoms with E-state index in [4.69, 9.17) is 24.7 Å². The highest BCUT2D eigenvalue weighted by Crippen LogP contribution is 2.35. The molecule has 0 aromatic carbocycles. The number of aliphatic hydroxyl groups is 2. The Balaban J connectivity index is 2.31. The second kappa shape index (κ2) is 15.4. The number of amides is 1. The summed E-state index contributed by atoms with van der Waals surface area (Å²) in [5, 5.41) is 26.1. The molecule has 1 aliphatic heterocycles. The predicted octanol–water partition coefficient (Wildman–Crippen LogP) is -3.61. The average molecular weight is 588 g/mol. The molecular formula is C24H37N5O12. The SMILES string of the molecule is CCOC(=O)C(NCCCNC(=O)C(N)C(C)O)C(O)C1OC(n2ccc(=O)[nH]c2=O)C(OC(C)=O)C1OC(C)=O. The van der Waals surface area contributed by atoms with Crippen molar-refractivity contribution in [2.75, 3.05) is 19.7 Å². The minimum Gasteiger partial charge on any atom is -0.465 e. The molecule has 2 heterocycles. The quantitative estimate of drug-likeness (QED) is 0.0699. The molecule has 2 rings (SSSR count). The molecule has 230 valence electrons. The van der Waals surface area contributed by atoms with Crippen molar-refractivity contribution in [2.45, 2.75) is 82.9 Å². The van der Waals surface area contributed by atoms with E-state index in [0.29, 0.717) is 0 Å². The van der Waals surface area contributed by atoms with Crippen molar-refractivity contribution in [1.29, 1.82) is 0 Å². The normalized spacial score (nSPS) is 23.1. The largest absolute Gasteiger partial charge is 0.465 e. The molecule has 0 aliphatic carbocycles. The maximum absolute atomic E-state index is 12.8. The number of hydrogen-bond donors (Lipinski definition) is 6. The Bertz CT molecular complexity index is 1180. The number of aliphatic hydroxyl groups excluding tert-OH is 2. The number of ether oxygens (including phenoxy) is 4. The number of hydrogen-bond acceptors (Lipinski definition) is 14. The van der Waals surface area contributed by atoms with Crippen LogP contribution in [0.1, 0.15) is 40.3 Å². The van der Waals surface area contributed by atoms with E-state index in [1.165, 1.54) is 6.92 Å². The van der Waals surface area contributed by atoms with Crippen molar-refractivity contribution in [1.82, 2.24) is 20.2 Å². The van der Waals surface area contributed by atoms with Crippen LogP contribution < -0.4 is 27.6 Å². The van der Waals surface area contributed by atoms with E-state index in [2.05, 4.69) is 10.6 Å². The minimum absolute atomic E-state index is 0.0403. The van der Waals surface area contributed by atoms with Crippen LogP contribution in [0, 0.1) is 0 Å². The highest BCUT2D eigenvalue weighted by molar-refractivity contribution is 5.82. The van der Waals surface area contributed by atoms with Crippen LogP contribution in [0.2, 0.25) is 0 Å². The topological polar surface area (TPSA) is 251 Å². The van der Waals surface area contributed by atoms with Gasteiger partial charge < -0.3 is 45.5 Å². The van der Waals surface area contributed by atoms with Crippen LogP contribution in [0.4, 0.5) is 0 Å². The first-order valence-electron chi connectivity index (χ1n) is 12.9. The molecule has 0 radical (unpaired) electrons. The summed E-state index contributed by atoms with van der Waals surface area (Å²) < 4.78 is 22.5. The van der Waals surface area contributed by atoms with E-state index in [-0.39, 0.29) is 26.1 Å². The molecule has 17 nitrogen and oxygen atoms in total. The number of nitrogens with one attached hydrogen (secondary N) is 3. The Kier molecular flexibility index (Phi) is 12.6. The molecule has 7 N–H and O–H groups in total. The third-order valence-electron chi connectivity index (χ3n) is 6.01. The lowest BCUT2D eigenvalue weighted by Crippen LogP contribution is -2.56. The Hall–Kier alpha value is -3.64. The van der Waals surface area contributed by atoms with Crippen molar-refractivity contribution < 1.29 is 48.3 Å². The monoisotopic (exact) mass is 587 g/mol. The number of rotatable bonds is 14. The Morgan fingerprint density at radius 1 is 1.12 bits per heavy atom. The molecule has 1 aliphatic rings. The molecule has 1 aromatic rings. The standard InChI is InChI=1S/C24H37N5O12/c1-5-38-23(36)16(26-8-6-9-27-21(35)15(25)11(2)30)17(34)18-19(39-12(3)31)20(40-13(4)32)22(41-18)29-10-7-14(33)28-24(29)37/h7,10-11,15-20,22,26,30,34H,5-6,8-9,25H2,1-4H3,(H,27,35)(H,28,33,37). The Morgan fingerprint density at radius 2 is 1.76 bits per heavy atom. The van der Waals surface area contributed by atoms with E-state index < -0.39 is 83.9 Å². The van der Waals surface area contributed by atoms with Crippen LogP contribution in [0.5, 0.6) is 0 Å². The van der Waals surface area contributed by atoms with Crippen molar-refractivity contribution in [3.63, 3.8) is 0 Å². The molecule has 1 fully saturated rings. The van der Waals surface area contributed by atoms with Gasteiger partial charge in [0.05, 0.1) is 12.7 Å². The molecule has 8 unspecified atom stereocenters. The summed E-state index contributed by atoms with van der Waals surface area (Å²) in [5.41, 5.74) is 3.93. The molecule has 0 spiro atoms. The molecule has 1 amide bonds. The number of aromatic nitrogens is 2. The number of H-pyrrole nitrogens is 1. The Labute approximate surface area is 234 Å². The van der Waals surface area contributed by atoms with Crippen molar-refractivity contribution in [3.05, 3.63) is 33.1 Å². The van der Waals surface area contributed by atoms with Crippen molar-refractivity contribution in [2.24, 2.45) is 5.73 Å². The predicted molar refractivity (Wildman–Crippen MR) is 138 cm³/mol. The lowest BCUT2D eigenvalue weighted by atomic mass is 9.98. The number of nitrogens with zero attached hydrogens (tertiary/aromatic N) is 1. The summed E-state index contributed by atoms with van der Waals surface area (Å²) in [7, 11) is 0.